The van der Waals surface area contributed by atoms with Crippen molar-refractivity contribution >= 4 is 11.6 Å². The summed E-state index contributed by atoms with van der Waals surface area (Å²) in [6.45, 7) is 1.92. The largest absolute Gasteiger partial charge is 0.496 e. The molecule has 5 nitrogen and oxygen atoms in total. The number of benzene rings is 1. The van der Waals surface area contributed by atoms with Crippen molar-refractivity contribution in [2.75, 3.05) is 12.8 Å². The van der Waals surface area contributed by atoms with Crippen LogP contribution in [0.4, 0.5) is 5.69 Å². The smallest absolute Gasteiger partial charge is 0.226 e. The van der Waals surface area contributed by atoms with Crippen LogP contribution in [-0.4, -0.2) is 18.0 Å². The highest BCUT2D eigenvalue weighted by atomic mass is 16.5. The predicted octanol–water partition coefficient (Wildman–Crippen LogP) is 2.09. The molecule has 0 aliphatic rings. The van der Waals surface area contributed by atoms with Gasteiger partial charge in [0.1, 0.15) is 5.75 Å². The Kier molecular flexibility index (Phi) is 4.77. The Bertz CT molecular complexity index is 611. The number of rotatable bonds is 5. The molecule has 0 saturated heterocycles. The third-order valence-electron chi connectivity index (χ3n) is 3.17. The number of para-hydroxylation sites is 1. The van der Waals surface area contributed by atoms with Gasteiger partial charge in [-0.1, -0.05) is 18.2 Å². The number of nitrogen functional groups attached to an aromatic ring is 1. The van der Waals surface area contributed by atoms with Gasteiger partial charge in [-0.15, -0.1) is 0 Å². The second kappa shape index (κ2) is 6.74. The highest BCUT2D eigenvalue weighted by Gasteiger charge is 2.14. The summed E-state index contributed by atoms with van der Waals surface area (Å²) in [7, 11) is 1.62. The van der Waals surface area contributed by atoms with E-state index in [2.05, 4.69) is 10.3 Å². The molecule has 0 spiro atoms. The van der Waals surface area contributed by atoms with Gasteiger partial charge < -0.3 is 15.8 Å². The zero-order chi connectivity index (χ0) is 15.2. The van der Waals surface area contributed by atoms with Crippen molar-refractivity contribution < 1.29 is 9.53 Å². The summed E-state index contributed by atoms with van der Waals surface area (Å²) < 4.78 is 5.30. The quantitative estimate of drug-likeness (QED) is 0.882. The maximum absolute atomic E-state index is 12.1. The van der Waals surface area contributed by atoms with Crippen molar-refractivity contribution in [1.29, 1.82) is 0 Å². The van der Waals surface area contributed by atoms with Gasteiger partial charge in [0, 0.05) is 11.3 Å². The van der Waals surface area contributed by atoms with E-state index in [-0.39, 0.29) is 18.4 Å². The Balaban J connectivity index is 2.00. The number of pyridine rings is 1. The zero-order valence-corrected chi connectivity index (χ0v) is 12.2. The van der Waals surface area contributed by atoms with E-state index in [0.717, 1.165) is 11.3 Å². The van der Waals surface area contributed by atoms with Crippen molar-refractivity contribution in [1.82, 2.24) is 10.3 Å². The molecule has 1 aromatic heterocycles. The van der Waals surface area contributed by atoms with Crippen LogP contribution in [0, 0.1) is 0 Å². The number of carbonyl (C=O) groups excluding carboxylic acids is 1. The molecule has 21 heavy (non-hydrogen) atoms. The van der Waals surface area contributed by atoms with Crippen LogP contribution in [0.3, 0.4) is 0 Å². The number of hydrogen-bond acceptors (Lipinski definition) is 4. The van der Waals surface area contributed by atoms with Gasteiger partial charge in [-0.3, -0.25) is 9.78 Å². The maximum atomic E-state index is 12.1. The Morgan fingerprint density at radius 3 is 2.76 bits per heavy atom. The molecular weight excluding hydrogens is 266 g/mol. The Labute approximate surface area is 124 Å². The number of hydrogen-bond donors (Lipinski definition) is 2. The number of nitrogens with zero attached hydrogens (tertiary/aromatic N) is 1. The van der Waals surface area contributed by atoms with Crippen LogP contribution in [0.5, 0.6) is 5.75 Å². The van der Waals surface area contributed by atoms with Gasteiger partial charge in [0.05, 0.1) is 31.5 Å². The lowest BCUT2D eigenvalue weighted by Gasteiger charge is -2.17. The molecule has 0 bridgehead atoms. The third kappa shape index (κ3) is 3.95. The maximum Gasteiger partial charge on any atom is 0.226 e. The number of amides is 1. The van der Waals surface area contributed by atoms with Crippen molar-refractivity contribution in [3.8, 4) is 5.75 Å². The lowest BCUT2D eigenvalue weighted by molar-refractivity contribution is -0.121. The first kappa shape index (κ1) is 14.8. The second-order valence-corrected chi connectivity index (χ2v) is 4.79. The Morgan fingerprint density at radius 1 is 1.33 bits per heavy atom. The van der Waals surface area contributed by atoms with Crippen molar-refractivity contribution in [2.24, 2.45) is 0 Å². The average Bonchev–Trinajstić information content (AvgIpc) is 2.49. The first-order chi connectivity index (χ1) is 10.1. The monoisotopic (exact) mass is 285 g/mol. The third-order valence-corrected chi connectivity index (χ3v) is 3.17. The molecule has 5 heteroatoms. The van der Waals surface area contributed by atoms with E-state index >= 15 is 0 Å². The van der Waals surface area contributed by atoms with E-state index in [0.29, 0.717) is 11.4 Å². The first-order valence-corrected chi connectivity index (χ1v) is 6.73. The molecule has 0 saturated carbocycles. The number of carbonyl (C=O) groups is 1. The fourth-order valence-electron chi connectivity index (χ4n) is 2.10. The molecule has 3 N–H and O–H groups in total. The van der Waals surface area contributed by atoms with E-state index in [4.69, 9.17) is 10.5 Å². The Morgan fingerprint density at radius 2 is 2.10 bits per heavy atom. The second-order valence-electron chi connectivity index (χ2n) is 4.79. The van der Waals surface area contributed by atoms with Crippen LogP contribution in [0.1, 0.15) is 24.2 Å². The molecule has 0 aliphatic carbocycles. The number of aromatic nitrogens is 1. The molecule has 0 radical (unpaired) electrons. The minimum Gasteiger partial charge on any atom is -0.496 e. The summed E-state index contributed by atoms with van der Waals surface area (Å²) >= 11 is 0. The fraction of sp³-hybridized carbons (Fsp3) is 0.250. The van der Waals surface area contributed by atoms with E-state index in [1.165, 1.54) is 0 Å². The number of nitrogens with two attached hydrogens (primary N) is 1. The van der Waals surface area contributed by atoms with Crippen molar-refractivity contribution in [2.45, 2.75) is 19.4 Å². The first-order valence-electron chi connectivity index (χ1n) is 6.73. The van der Waals surface area contributed by atoms with Crippen LogP contribution >= 0.6 is 0 Å². The topological polar surface area (TPSA) is 77.2 Å². The minimum atomic E-state index is -0.137. The van der Waals surface area contributed by atoms with Crippen LogP contribution in [-0.2, 0) is 11.2 Å². The van der Waals surface area contributed by atoms with Gasteiger partial charge in [0.2, 0.25) is 5.91 Å². The lowest BCUT2D eigenvalue weighted by Crippen LogP contribution is -2.28. The van der Waals surface area contributed by atoms with Crippen LogP contribution in [0.2, 0.25) is 0 Å². The van der Waals surface area contributed by atoms with Crippen molar-refractivity contribution in [3.63, 3.8) is 0 Å². The van der Waals surface area contributed by atoms with Gasteiger partial charge in [-0.25, -0.2) is 0 Å². The van der Waals surface area contributed by atoms with E-state index in [1.54, 1.807) is 25.4 Å². The van der Waals surface area contributed by atoms with E-state index < -0.39 is 0 Å². The van der Waals surface area contributed by atoms with Crippen LogP contribution in [0.25, 0.3) is 0 Å². The standard InChI is InChI=1S/C16H19N3O2/c1-11(14-5-3-4-6-15(14)21-2)19-16(20)9-13-8-7-12(17)10-18-13/h3-8,10-11H,9,17H2,1-2H3,(H,19,20)/t11-/m0/s1. The number of ether oxygens (including phenoxy) is 1. The summed E-state index contributed by atoms with van der Waals surface area (Å²) in [5.74, 6) is 0.668. The van der Waals surface area contributed by atoms with Gasteiger partial charge in [-0.2, -0.15) is 0 Å². The Hall–Kier alpha value is -2.56. The predicted molar refractivity (Wildman–Crippen MR) is 81.9 cm³/mol. The van der Waals surface area contributed by atoms with Crippen LogP contribution in [0.15, 0.2) is 42.6 Å². The lowest BCUT2D eigenvalue weighted by atomic mass is 10.1. The fourth-order valence-corrected chi connectivity index (χ4v) is 2.10. The van der Waals surface area contributed by atoms with Gasteiger partial charge >= 0.3 is 0 Å². The molecular formula is C16H19N3O2. The summed E-state index contributed by atoms with van der Waals surface area (Å²) in [6, 6.07) is 11.0. The van der Waals surface area contributed by atoms with Crippen LogP contribution < -0.4 is 15.8 Å². The molecule has 0 aliphatic heterocycles. The summed E-state index contributed by atoms with van der Waals surface area (Å²) in [5.41, 5.74) is 7.79. The average molecular weight is 285 g/mol. The molecule has 2 rings (SSSR count). The SMILES string of the molecule is COc1ccccc1[C@H](C)NC(=O)Cc1ccc(N)cn1. The molecule has 0 unspecified atom stereocenters. The number of anilines is 1. The molecule has 1 atom stereocenters. The molecule has 2 aromatic rings. The van der Waals surface area contributed by atoms with Gasteiger partial charge in [0.25, 0.3) is 0 Å². The highest BCUT2D eigenvalue weighted by molar-refractivity contribution is 5.78. The number of methoxy groups -OCH3 is 1. The summed E-state index contributed by atoms with van der Waals surface area (Å²) in [4.78, 5) is 16.2. The van der Waals surface area contributed by atoms with E-state index in [1.807, 2.05) is 31.2 Å². The van der Waals surface area contributed by atoms with Gasteiger partial charge in [-0.05, 0) is 25.1 Å². The molecule has 0 fully saturated rings. The summed E-state index contributed by atoms with van der Waals surface area (Å²) in [6.07, 6.45) is 1.77. The van der Waals surface area contributed by atoms with E-state index in [9.17, 15) is 4.79 Å². The minimum absolute atomic E-state index is 0.0920. The van der Waals surface area contributed by atoms with Crippen molar-refractivity contribution in [3.05, 3.63) is 53.9 Å². The summed E-state index contributed by atoms with van der Waals surface area (Å²) in [5, 5.41) is 2.94. The molecule has 1 heterocycles. The highest BCUT2D eigenvalue weighted by Crippen LogP contribution is 2.24. The number of nitrogens with one attached hydrogen (secondary N) is 1. The molecule has 1 aromatic carbocycles. The zero-order valence-electron chi connectivity index (χ0n) is 12.2. The van der Waals surface area contributed by atoms with Gasteiger partial charge in [0.15, 0.2) is 0 Å². The normalized spacial score (nSPS) is 11.7. The molecule has 1 amide bonds. The molecule has 110 valence electrons.